The summed E-state index contributed by atoms with van der Waals surface area (Å²) in [6.07, 6.45) is 3.45. The van der Waals surface area contributed by atoms with Crippen LogP contribution in [0.15, 0.2) is 79.3 Å². The molecule has 10 nitrogen and oxygen atoms in total. The van der Waals surface area contributed by atoms with E-state index in [9.17, 15) is 9.59 Å². The molecule has 0 saturated heterocycles. The van der Waals surface area contributed by atoms with Crippen molar-refractivity contribution in [1.82, 2.24) is 29.4 Å². The highest BCUT2D eigenvalue weighted by molar-refractivity contribution is 5.97. The van der Waals surface area contributed by atoms with E-state index < -0.39 is 5.97 Å². The quantitative estimate of drug-likeness (QED) is 0.293. The second kappa shape index (κ2) is 10.6. The zero-order valence-corrected chi connectivity index (χ0v) is 21.2. The lowest BCUT2D eigenvalue weighted by Crippen LogP contribution is -2.26. The van der Waals surface area contributed by atoms with Crippen molar-refractivity contribution < 1.29 is 19.1 Å². The first-order chi connectivity index (χ1) is 18.5. The largest absolute Gasteiger partial charge is 0.496 e. The molecule has 3 aromatic carbocycles. The Morgan fingerprint density at radius 1 is 1.00 bits per heavy atom. The van der Waals surface area contributed by atoms with Gasteiger partial charge in [0.2, 0.25) is 0 Å². The van der Waals surface area contributed by atoms with Crippen LogP contribution in [0.25, 0.3) is 16.7 Å². The smallest absolute Gasteiger partial charge is 0.340 e. The van der Waals surface area contributed by atoms with E-state index in [-0.39, 0.29) is 12.5 Å². The van der Waals surface area contributed by atoms with Crippen LogP contribution in [-0.2, 0) is 17.8 Å². The zero-order chi connectivity index (χ0) is 26.6. The highest BCUT2D eigenvalue weighted by atomic mass is 16.5. The second-order valence-electron chi connectivity index (χ2n) is 8.71. The van der Waals surface area contributed by atoms with Crippen molar-refractivity contribution in [1.29, 1.82) is 0 Å². The molecule has 0 bridgehead atoms. The van der Waals surface area contributed by atoms with Crippen LogP contribution in [0.5, 0.6) is 5.75 Å². The van der Waals surface area contributed by atoms with Crippen LogP contribution in [0.2, 0.25) is 0 Å². The molecule has 192 valence electrons. The molecule has 10 heteroatoms. The fourth-order valence-corrected chi connectivity index (χ4v) is 4.32. The zero-order valence-electron chi connectivity index (χ0n) is 21.2. The summed E-state index contributed by atoms with van der Waals surface area (Å²) >= 11 is 0. The summed E-state index contributed by atoms with van der Waals surface area (Å²) in [7, 11) is 4.68. The number of ether oxygens (including phenoxy) is 2. The van der Waals surface area contributed by atoms with Crippen molar-refractivity contribution in [2.45, 2.75) is 13.1 Å². The van der Waals surface area contributed by atoms with Crippen LogP contribution >= 0.6 is 0 Å². The van der Waals surface area contributed by atoms with Gasteiger partial charge in [-0.2, -0.15) is 0 Å². The number of aromatic nitrogens is 5. The van der Waals surface area contributed by atoms with E-state index >= 15 is 0 Å². The Labute approximate surface area is 219 Å². The SMILES string of the molecule is COC(=O)c1ccccc1-n1cc(CN(C)C(=O)c2ccc3c(c2)ncn3Cc2ccccc2OC)nn1. The monoisotopic (exact) mass is 510 g/mol. The van der Waals surface area contributed by atoms with Gasteiger partial charge in [0.05, 0.1) is 62.1 Å². The molecule has 0 radical (unpaired) electrons. The second-order valence-corrected chi connectivity index (χ2v) is 8.71. The van der Waals surface area contributed by atoms with E-state index in [4.69, 9.17) is 9.47 Å². The Morgan fingerprint density at radius 2 is 1.79 bits per heavy atom. The number of esters is 1. The van der Waals surface area contributed by atoms with Gasteiger partial charge < -0.3 is 18.9 Å². The fourth-order valence-electron chi connectivity index (χ4n) is 4.32. The van der Waals surface area contributed by atoms with E-state index in [2.05, 4.69) is 15.3 Å². The molecule has 2 heterocycles. The molecule has 2 aromatic heterocycles. The number of methoxy groups -OCH3 is 2. The third-order valence-electron chi connectivity index (χ3n) is 6.24. The highest BCUT2D eigenvalue weighted by Crippen LogP contribution is 2.22. The Bertz CT molecular complexity index is 1620. The Kier molecular flexibility index (Phi) is 6.86. The average molecular weight is 511 g/mol. The molecule has 0 spiro atoms. The van der Waals surface area contributed by atoms with Gasteiger partial charge in [0.1, 0.15) is 11.4 Å². The van der Waals surface area contributed by atoms with Crippen LogP contribution in [0, 0.1) is 0 Å². The third kappa shape index (κ3) is 4.83. The molecule has 0 N–H and O–H groups in total. The first kappa shape index (κ1) is 24.7. The van der Waals surface area contributed by atoms with E-state index in [1.54, 1.807) is 68.0 Å². The number of imidazole rings is 1. The highest BCUT2D eigenvalue weighted by Gasteiger charge is 2.18. The lowest BCUT2D eigenvalue weighted by Gasteiger charge is -2.15. The van der Waals surface area contributed by atoms with E-state index in [1.807, 2.05) is 34.9 Å². The van der Waals surface area contributed by atoms with Crippen LogP contribution in [0.1, 0.15) is 32.0 Å². The van der Waals surface area contributed by atoms with Gasteiger partial charge in [-0.25, -0.2) is 14.5 Å². The Morgan fingerprint density at radius 3 is 2.61 bits per heavy atom. The number of hydrogen-bond acceptors (Lipinski definition) is 7. The van der Waals surface area contributed by atoms with E-state index in [0.29, 0.717) is 29.1 Å². The third-order valence-corrected chi connectivity index (χ3v) is 6.24. The minimum atomic E-state index is -0.467. The Hall–Kier alpha value is -4.99. The predicted molar refractivity (Wildman–Crippen MR) is 140 cm³/mol. The topological polar surface area (TPSA) is 104 Å². The van der Waals surface area contributed by atoms with E-state index in [0.717, 1.165) is 22.3 Å². The van der Waals surface area contributed by atoms with Gasteiger partial charge in [0, 0.05) is 18.2 Å². The van der Waals surface area contributed by atoms with Gasteiger partial charge in [-0.05, 0) is 36.4 Å². The van der Waals surface area contributed by atoms with Crippen molar-refractivity contribution in [3.63, 3.8) is 0 Å². The van der Waals surface area contributed by atoms with Gasteiger partial charge in [-0.15, -0.1) is 5.10 Å². The number of rotatable bonds is 8. The number of amides is 1. The van der Waals surface area contributed by atoms with Gasteiger partial charge in [0.15, 0.2) is 0 Å². The minimum Gasteiger partial charge on any atom is -0.496 e. The summed E-state index contributed by atoms with van der Waals surface area (Å²) in [5.74, 6) is 0.176. The molecule has 0 atom stereocenters. The molecule has 0 aliphatic carbocycles. The number of fused-ring (bicyclic) bond motifs is 1. The van der Waals surface area contributed by atoms with Gasteiger partial charge >= 0.3 is 5.97 Å². The van der Waals surface area contributed by atoms with Gasteiger partial charge in [-0.1, -0.05) is 35.5 Å². The summed E-state index contributed by atoms with van der Waals surface area (Å²) < 4.78 is 13.8. The molecular formula is C28H26N6O4. The molecule has 0 unspecified atom stereocenters. The number of benzene rings is 3. The maximum Gasteiger partial charge on any atom is 0.340 e. The summed E-state index contributed by atoms with van der Waals surface area (Å²) in [5.41, 5.74) is 4.69. The van der Waals surface area contributed by atoms with Crippen molar-refractivity contribution in [2.24, 2.45) is 0 Å². The van der Waals surface area contributed by atoms with Gasteiger partial charge in [0.25, 0.3) is 5.91 Å². The van der Waals surface area contributed by atoms with Crippen molar-refractivity contribution in [2.75, 3.05) is 21.3 Å². The summed E-state index contributed by atoms with van der Waals surface area (Å²) in [5, 5.41) is 8.32. The molecular weight excluding hydrogens is 484 g/mol. The maximum absolute atomic E-state index is 13.2. The number of hydrogen-bond donors (Lipinski definition) is 0. The van der Waals surface area contributed by atoms with Crippen LogP contribution in [-0.4, -0.2) is 62.6 Å². The normalized spacial score (nSPS) is 10.9. The van der Waals surface area contributed by atoms with Crippen molar-refractivity contribution in [3.05, 3.63) is 102 Å². The first-order valence-corrected chi connectivity index (χ1v) is 11.9. The maximum atomic E-state index is 13.2. The molecule has 0 fully saturated rings. The average Bonchev–Trinajstić information content (AvgIpc) is 3.59. The fraction of sp³-hybridized carbons (Fsp3) is 0.179. The predicted octanol–water partition coefficient (Wildman–Crippen LogP) is 3.73. The standard InChI is InChI=1S/C28H26N6O4/c1-32(16-21-17-34(31-30-21)24-10-6-5-9-22(24)28(36)38-3)27(35)19-12-13-25-23(14-19)29-18-33(25)15-20-8-4-7-11-26(20)37-2/h4-14,17-18H,15-16H2,1-3H3. The minimum absolute atomic E-state index is 0.171. The molecule has 1 amide bonds. The lowest BCUT2D eigenvalue weighted by molar-refractivity contribution is 0.0600. The van der Waals surface area contributed by atoms with Crippen LogP contribution < -0.4 is 4.74 Å². The number of carbonyl (C=O) groups excluding carboxylic acids is 2. The summed E-state index contributed by atoms with van der Waals surface area (Å²) in [4.78, 5) is 31.4. The van der Waals surface area contributed by atoms with Crippen molar-refractivity contribution in [3.8, 4) is 11.4 Å². The molecule has 5 rings (SSSR count). The number of carbonyl (C=O) groups is 2. The molecule has 5 aromatic rings. The Balaban J connectivity index is 1.31. The molecule has 38 heavy (non-hydrogen) atoms. The molecule has 0 aliphatic heterocycles. The van der Waals surface area contributed by atoms with Gasteiger partial charge in [-0.3, -0.25) is 4.79 Å². The molecule has 0 aliphatic rings. The summed E-state index contributed by atoms with van der Waals surface area (Å²) in [6, 6.07) is 20.3. The van der Waals surface area contributed by atoms with Crippen LogP contribution in [0.4, 0.5) is 0 Å². The summed E-state index contributed by atoms with van der Waals surface area (Å²) in [6.45, 7) is 0.835. The van der Waals surface area contributed by atoms with Crippen molar-refractivity contribution >= 4 is 22.9 Å². The van der Waals surface area contributed by atoms with E-state index in [1.165, 1.54) is 11.8 Å². The molecule has 0 saturated carbocycles. The number of nitrogens with zero attached hydrogens (tertiary/aromatic N) is 6. The van der Waals surface area contributed by atoms with Crippen LogP contribution in [0.3, 0.4) is 0 Å². The lowest BCUT2D eigenvalue weighted by atomic mass is 10.1. The first-order valence-electron chi connectivity index (χ1n) is 11.9. The number of para-hydroxylation sites is 2.